The van der Waals surface area contributed by atoms with E-state index in [0.717, 1.165) is 5.56 Å². The number of hydrogen-bond acceptors (Lipinski definition) is 2. The molecule has 1 aromatic rings. The summed E-state index contributed by atoms with van der Waals surface area (Å²) in [5.41, 5.74) is 6.54. The summed E-state index contributed by atoms with van der Waals surface area (Å²) < 4.78 is 17.7. The fraction of sp³-hybridized carbons (Fsp3) is 0.250. The van der Waals surface area contributed by atoms with Crippen LogP contribution < -0.4 is 10.5 Å². The smallest absolute Gasteiger partial charge is 0.127 e. The zero-order chi connectivity index (χ0) is 7.84. The minimum absolute atomic E-state index is 0.0920. The van der Waals surface area contributed by atoms with Gasteiger partial charge in [0, 0.05) is 11.6 Å². The molecule has 0 radical (unpaired) electrons. The number of fused-ring (bicyclic) bond motifs is 1. The molecule has 1 heterocycles. The molecule has 1 atom stereocenters. The van der Waals surface area contributed by atoms with Crippen molar-refractivity contribution in [2.24, 2.45) is 5.73 Å². The molecule has 0 aromatic heterocycles. The SMILES string of the molecule is N[C@H]1COc2cc(F)ccc21. The number of nitrogens with two attached hydrogens (primary N) is 1. The first-order chi connectivity index (χ1) is 5.27. The van der Waals surface area contributed by atoms with E-state index in [1.807, 2.05) is 0 Å². The Kier molecular flexibility index (Phi) is 1.32. The summed E-state index contributed by atoms with van der Waals surface area (Å²) in [7, 11) is 0. The van der Waals surface area contributed by atoms with Crippen molar-refractivity contribution in [2.75, 3.05) is 6.61 Å². The molecule has 58 valence electrons. The van der Waals surface area contributed by atoms with E-state index in [0.29, 0.717) is 12.4 Å². The summed E-state index contributed by atoms with van der Waals surface area (Å²) in [5, 5.41) is 0. The van der Waals surface area contributed by atoms with Gasteiger partial charge in [0.15, 0.2) is 0 Å². The second kappa shape index (κ2) is 2.20. The van der Waals surface area contributed by atoms with Gasteiger partial charge >= 0.3 is 0 Å². The lowest BCUT2D eigenvalue weighted by atomic mass is 10.1. The van der Waals surface area contributed by atoms with Crippen LogP contribution in [0.5, 0.6) is 5.75 Å². The topological polar surface area (TPSA) is 35.2 Å². The Hall–Kier alpha value is -1.09. The highest BCUT2D eigenvalue weighted by molar-refractivity contribution is 5.39. The Morgan fingerprint density at radius 3 is 3.18 bits per heavy atom. The molecule has 0 fully saturated rings. The van der Waals surface area contributed by atoms with Crippen LogP contribution >= 0.6 is 0 Å². The first-order valence-corrected chi connectivity index (χ1v) is 3.45. The zero-order valence-corrected chi connectivity index (χ0v) is 5.88. The van der Waals surface area contributed by atoms with Crippen molar-refractivity contribution < 1.29 is 9.13 Å². The number of hydrogen-bond donors (Lipinski definition) is 1. The van der Waals surface area contributed by atoms with Crippen molar-refractivity contribution in [2.45, 2.75) is 6.04 Å². The summed E-state index contributed by atoms with van der Waals surface area (Å²) in [5.74, 6) is 0.301. The van der Waals surface area contributed by atoms with Crippen LogP contribution in [0.3, 0.4) is 0 Å². The van der Waals surface area contributed by atoms with E-state index in [1.165, 1.54) is 12.1 Å². The maximum Gasteiger partial charge on any atom is 0.127 e. The van der Waals surface area contributed by atoms with Crippen LogP contribution in [0, 0.1) is 5.82 Å². The van der Waals surface area contributed by atoms with Crippen LogP contribution in [0.15, 0.2) is 18.2 Å². The Bertz CT molecular complexity index is 287. The van der Waals surface area contributed by atoms with E-state index in [-0.39, 0.29) is 11.9 Å². The Morgan fingerprint density at radius 2 is 2.36 bits per heavy atom. The molecule has 1 aliphatic heterocycles. The lowest BCUT2D eigenvalue weighted by Crippen LogP contribution is -2.10. The maximum absolute atomic E-state index is 12.6. The molecule has 11 heavy (non-hydrogen) atoms. The molecule has 0 bridgehead atoms. The Morgan fingerprint density at radius 1 is 1.55 bits per heavy atom. The predicted octanol–water partition coefficient (Wildman–Crippen LogP) is 1.22. The van der Waals surface area contributed by atoms with Crippen molar-refractivity contribution in [3.63, 3.8) is 0 Å². The lowest BCUT2D eigenvalue weighted by Gasteiger charge is -1.98. The van der Waals surface area contributed by atoms with E-state index in [4.69, 9.17) is 10.5 Å². The van der Waals surface area contributed by atoms with Crippen LogP contribution in [0.1, 0.15) is 11.6 Å². The van der Waals surface area contributed by atoms with Gasteiger partial charge in [-0.1, -0.05) is 6.07 Å². The maximum atomic E-state index is 12.6. The van der Waals surface area contributed by atoms with E-state index in [9.17, 15) is 4.39 Å². The molecule has 0 aliphatic carbocycles. The minimum Gasteiger partial charge on any atom is -0.491 e. The van der Waals surface area contributed by atoms with Gasteiger partial charge < -0.3 is 10.5 Å². The molecule has 2 rings (SSSR count). The summed E-state index contributed by atoms with van der Waals surface area (Å²) in [6, 6.07) is 4.34. The van der Waals surface area contributed by atoms with Crippen molar-refractivity contribution in [3.05, 3.63) is 29.6 Å². The molecule has 2 N–H and O–H groups in total. The van der Waals surface area contributed by atoms with E-state index in [2.05, 4.69) is 0 Å². The van der Waals surface area contributed by atoms with Crippen LogP contribution in [0.4, 0.5) is 4.39 Å². The largest absolute Gasteiger partial charge is 0.491 e. The van der Waals surface area contributed by atoms with Gasteiger partial charge in [-0.2, -0.15) is 0 Å². The zero-order valence-electron chi connectivity index (χ0n) is 5.88. The third kappa shape index (κ3) is 0.973. The monoisotopic (exact) mass is 153 g/mol. The molecule has 0 spiro atoms. The van der Waals surface area contributed by atoms with Crippen molar-refractivity contribution >= 4 is 0 Å². The van der Waals surface area contributed by atoms with Gasteiger partial charge in [-0.25, -0.2) is 4.39 Å². The van der Waals surface area contributed by atoms with Gasteiger partial charge in [-0.3, -0.25) is 0 Å². The standard InChI is InChI=1S/C8H8FNO/c9-5-1-2-6-7(10)4-11-8(6)3-5/h1-3,7H,4,10H2/t7-/m0/s1. The normalized spacial score (nSPS) is 21.1. The van der Waals surface area contributed by atoms with Gasteiger partial charge in [0.25, 0.3) is 0 Å². The second-order valence-corrected chi connectivity index (χ2v) is 2.60. The fourth-order valence-corrected chi connectivity index (χ4v) is 1.21. The van der Waals surface area contributed by atoms with Crippen molar-refractivity contribution in [3.8, 4) is 5.75 Å². The van der Waals surface area contributed by atoms with Gasteiger partial charge in [0.2, 0.25) is 0 Å². The first kappa shape index (κ1) is 6.61. The van der Waals surface area contributed by atoms with E-state index in [1.54, 1.807) is 6.07 Å². The van der Waals surface area contributed by atoms with Crippen LogP contribution in [-0.2, 0) is 0 Å². The van der Waals surface area contributed by atoms with E-state index >= 15 is 0 Å². The predicted molar refractivity (Wildman–Crippen MR) is 38.8 cm³/mol. The first-order valence-electron chi connectivity index (χ1n) is 3.45. The molecule has 1 aromatic carbocycles. The van der Waals surface area contributed by atoms with Crippen LogP contribution in [0.25, 0.3) is 0 Å². The lowest BCUT2D eigenvalue weighted by molar-refractivity contribution is 0.332. The molecule has 0 saturated carbocycles. The Labute approximate surface area is 63.8 Å². The summed E-state index contributed by atoms with van der Waals surface area (Å²) in [6.45, 7) is 0.457. The number of ether oxygens (including phenoxy) is 1. The molecule has 0 unspecified atom stereocenters. The molecular weight excluding hydrogens is 145 g/mol. The van der Waals surface area contributed by atoms with Crippen LogP contribution in [0.2, 0.25) is 0 Å². The highest BCUT2D eigenvalue weighted by Crippen LogP contribution is 2.30. The molecule has 1 aliphatic rings. The second-order valence-electron chi connectivity index (χ2n) is 2.60. The quantitative estimate of drug-likeness (QED) is 0.608. The minimum atomic E-state index is -0.280. The van der Waals surface area contributed by atoms with Gasteiger partial charge in [0.1, 0.15) is 18.2 Å². The third-order valence-electron chi connectivity index (χ3n) is 1.79. The number of halogens is 1. The summed E-state index contributed by atoms with van der Waals surface area (Å²) in [4.78, 5) is 0. The van der Waals surface area contributed by atoms with Gasteiger partial charge in [-0.05, 0) is 6.07 Å². The van der Waals surface area contributed by atoms with Crippen molar-refractivity contribution in [1.82, 2.24) is 0 Å². The molecule has 2 nitrogen and oxygen atoms in total. The van der Waals surface area contributed by atoms with Gasteiger partial charge in [-0.15, -0.1) is 0 Å². The highest BCUT2D eigenvalue weighted by atomic mass is 19.1. The fourth-order valence-electron chi connectivity index (χ4n) is 1.21. The molecular formula is C8H8FNO. The average molecular weight is 153 g/mol. The number of rotatable bonds is 0. The molecule has 3 heteroatoms. The van der Waals surface area contributed by atoms with Crippen LogP contribution in [-0.4, -0.2) is 6.61 Å². The highest BCUT2D eigenvalue weighted by Gasteiger charge is 2.20. The number of benzene rings is 1. The third-order valence-corrected chi connectivity index (χ3v) is 1.79. The van der Waals surface area contributed by atoms with Gasteiger partial charge in [0.05, 0.1) is 6.04 Å². The summed E-state index contributed by atoms with van der Waals surface area (Å²) >= 11 is 0. The summed E-state index contributed by atoms with van der Waals surface area (Å²) in [6.07, 6.45) is 0. The van der Waals surface area contributed by atoms with E-state index < -0.39 is 0 Å². The van der Waals surface area contributed by atoms with Crippen molar-refractivity contribution in [1.29, 1.82) is 0 Å². The molecule has 0 amide bonds. The average Bonchev–Trinajstić information content (AvgIpc) is 2.32. The Balaban J connectivity index is 2.50. The molecule has 0 saturated heterocycles.